The van der Waals surface area contributed by atoms with Gasteiger partial charge in [-0.3, -0.25) is 0 Å². The van der Waals surface area contributed by atoms with E-state index in [1.807, 2.05) is 0 Å². The molecule has 60 valence electrons. The van der Waals surface area contributed by atoms with Crippen LogP contribution >= 0.6 is 0 Å². The summed E-state index contributed by atoms with van der Waals surface area (Å²) >= 11 is 0. The second kappa shape index (κ2) is 3.00. The number of alkyl halides is 1. The third-order valence-electron chi connectivity index (χ3n) is 0.568. The number of rotatable bonds is 2. The maximum Gasteiger partial charge on any atom is 0.341 e. The molecule has 0 saturated heterocycles. The zero-order chi connectivity index (χ0) is 8.36. The van der Waals surface area contributed by atoms with Gasteiger partial charge in [-0.1, -0.05) is 0 Å². The molecule has 1 atom stereocenters. The topological polar surface area (TPSA) is 34.1 Å². The van der Waals surface area contributed by atoms with Crippen molar-refractivity contribution in [3.05, 3.63) is 12.2 Å². The van der Waals surface area contributed by atoms with Gasteiger partial charge in [0.25, 0.3) is 5.50 Å². The minimum absolute atomic E-state index is 0.957. The standard InChI is InChI=1S/C3H2F4O2S/c4-1-2(5)3(6)10(7,8)9/h1,3H. The van der Waals surface area contributed by atoms with E-state index in [2.05, 4.69) is 0 Å². The van der Waals surface area contributed by atoms with E-state index in [1.54, 1.807) is 0 Å². The molecule has 0 spiro atoms. The molecule has 0 saturated carbocycles. The van der Waals surface area contributed by atoms with Crippen molar-refractivity contribution in [3.63, 3.8) is 0 Å². The van der Waals surface area contributed by atoms with Gasteiger partial charge in [-0.25, -0.2) is 13.2 Å². The van der Waals surface area contributed by atoms with Crippen LogP contribution in [-0.2, 0) is 10.2 Å². The third-order valence-corrected chi connectivity index (χ3v) is 1.29. The molecule has 1 unspecified atom stereocenters. The van der Waals surface area contributed by atoms with Gasteiger partial charge in [0.05, 0.1) is 0 Å². The highest BCUT2D eigenvalue weighted by Crippen LogP contribution is 2.16. The minimum Gasteiger partial charge on any atom is -0.219 e. The van der Waals surface area contributed by atoms with Crippen molar-refractivity contribution >= 4 is 10.2 Å². The molecule has 0 aromatic carbocycles. The molecule has 0 aliphatic carbocycles. The fourth-order valence-electron chi connectivity index (χ4n) is 0.184. The van der Waals surface area contributed by atoms with Crippen LogP contribution in [0.25, 0.3) is 0 Å². The summed E-state index contributed by atoms with van der Waals surface area (Å²) in [6, 6.07) is 0. The summed E-state index contributed by atoms with van der Waals surface area (Å²) in [4.78, 5) is 0. The van der Waals surface area contributed by atoms with Crippen molar-refractivity contribution in [3.8, 4) is 0 Å². The van der Waals surface area contributed by atoms with Crippen LogP contribution in [0.5, 0.6) is 0 Å². The van der Waals surface area contributed by atoms with Gasteiger partial charge in [0.15, 0.2) is 5.83 Å². The smallest absolute Gasteiger partial charge is 0.219 e. The normalized spacial score (nSPS) is 17.0. The van der Waals surface area contributed by atoms with Crippen LogP contribution in [0.3, 0.4) is 0 Å². The first-order chi connectivity index (χ1) is 4.39. The van der Waals surface area contributed by atoms with Crippen molar-refractivity contribution in [2.45, 2.75) is 5.50 Å². The molecule has 0 aliphatic rings. The van der Waals surface area contributed by atoms with E-state index in [0.717, 1.165) is 0 Å². The zero-order valence-electron chi connectivity index (χ0n) is 4.39. The fraction of sp³-hybridized carbons (Fsp3) is 0.333. The molecule has 10 heavy (non-hydrogen) atoms. The van der Waals surface area contributed by atoms with Gasteiger partial charge in [-0.05, 0) is 0 Å². The lowest BCUT2D eigenvalue weighted by Crippen LogP contribution is -2.10. The van der Waals surface area contributed by atoms with E-state index in [-0.39, 0.29) is 0 Å². The van der Waals surface area contributed by atoms with Crippen LogP contribution in [0.4, 0.5) is 17.1 Å². The Hall–Kier alpha value is -0.590. The van der Waals surface area contributed by atoms with E-state index in [0.29, 0.717) is 0 Å². The van der Waals surface area contributed by atoms with Gasteiger partial charge in [-0.2, -0.15) is 8.42 Å². The summed E-state index contributed by atoms with van der Waals surface area (Å²) in [5, 5.41) is 0. The summed E-state index contributed by atoms with van der Waals surface area (Å²) in [6.45, 7) is 0. The lowest BCUT2D eigenvalue weighted by atomic mass is 10.7. The number of hydrogen-bond donors (Lipinski definition) is 0. The van der Waals surface area contributed by atoms with Gasteiger partial charge in [0.2, 0.25) is 0 Å². The minimum atomic E-state index is -5.66. The number of hydrogen-bond acceptors (Lipinski definition) is 2. The molecule has 7 heteroatoms. The maximum atomic E-state index is 11.7. The SMILES string of the molecule is O=S(=O)(F)C(F)C(F)=CF. The molecule has 0 N–H and O–H groups in total. The number of halogens is 4. The molecular formula is C3H2F4O2S. The zero-order valence-corrected chi connectivity index (χ0v) is 5.21. The van der Waals surface area contributed by atoms with E-state index in [1.165, 1.54) is 0 Å². The van der Waals surface area contributed by atoms with E-state index in [4.69, 9.17) is 0 Å². The second-order valence-electron chi connectivity index (χ2n) is 1.29. The monoisotopic (exact) mass is 178 g/mol. The van der Waals surface area contributed by atoms with E-state index >= 15 is 0 Å². The quantitative estimate of drug-likeness (QED) is 0.472. The van der Waals surface area contributed by atoms with Crippen molar-refractivity contribution in [1.29, 1.82) is 0 Å². The molecule has 0 aromatic heterocycles. The van der Waals surface area contributed by atoms with Gasteiger partial charge in [0.1, 0.15) is 6.33 Å². The Morgan fingerprint density at radius 2 is 1.90 bits per heavy atom. The van der Waals surface area contributed by atoms with Crippen molar-refractivity contribution in [1.82, 2.24) is 0 Å². The van der Waals surface area contributed by atoms with E-state index in [9.17, 15) is 25.5 Å². The summed E-state index contributed by atoms with van der Waals surface area (Å²) in [6.07, 6.45) is -0.957. The highest BCUT2D eigenvalue weighted by molar-refractivity contribution is 7.87. The molecule has 0 aliphatic heterocycles. The summed E-state index contributed by atoms with van der Waals surface area (Å²) < 4.78 is 64.4. The van der Waals surface area contributed by atoms with Gasteiger partial charge < -0.3 is 0 Å². The van der Waals surface area contributed by atoms with Crippen LogP contribution < -0.4 is 0 Å². The molecule has 0 amide bonds. The highest BCUT2D eigenvalue weighted by atomic mass is 32.3. The Kier molecular flexibility index (Phi) is 2.82. The van der Waals surface area contributed by atoms with Crippen LogP contribution in [0.2, 0.25) is 0 Å². The largest absolute Gasteiger partial charge is 0.341 e. The Labute approximate surface area is 54.4 Å². The van der Waals surface area contributed by atoms with Crippen molar-refractivity contribution < 1.29 is 25.5 Å². The lowest BCUT2D eigenvalue weighted by Gasteiger charge is -1.95. The first-order valence-corrected chi connectivity index (χ1v) is 3.37. The summed E-state index contributed by atoms with van der Waals surface area (Å²) in [5.41, 5.74) is -3.54. The van der Waals surface area contributed by atoms with Gasteiger partial charge >= 0.3 is 10.2 Å². The molecular weight excluding hydrogens is 176 g/mol. The Morgan fingerprint density at radius 1 is 1.50 bits per heavy atom. The maximum absolute atomic E-state index is 11.7. The van der Waals surface area contributed by atoms with Crippen LogP contribution in [0, 0.1) is 0 Å². The first kappa shape index (κ1) is 9.41. The average molecular weight is 178 g/mol. The van der Waals surface area contributed by atoms with Gasteiger partial charge in [0, 0.05) is 0 Å². The third kappa shape index (κ3) is 2.34. The Bertz CT molecular complexity index is 231. The first-order valence-electron chi connectivity index (χ1n) is 1.93. The highest BCUT2D eigenvalue weighted by Gasteiger charge is 2.29. The Balaban J connectivity index is 4.55. The molecule has 0 rings (SSSR count). The molecule has 0 radical (unpaired) electrons. The fourth-order valence-corrected chi connectivity index (χ4v) is 0.504. The molecule has 0 fully saturated rings. The van der Waals surface area contributed by atoms with Crippen molar-refractivity contribution in [2.24, 2.45) is 0 Å². The van der Waals surface area contributed by atoms with Gasteiger partial charge in [-0.15, -0.1) is 3.89 Å². The van der Waals surface area contributed by atoms with Crippen LogP contribution in [-0.4, -0.2) is 13.9 Å². The van der Waals surface area contributed by atoms with Crippen LogP contribution in [0.15, 0.2) is 12.2 Å². The predicted octanol–water partition coefficient (Wildman–Crippen LogP) is 1.36. The van der Waals surface area contributed by atoms with Crippen molar-refractivity contribution in [2.75, 3.05) is 0 Å². The Morgan fingerprint density at radius 3 is 2.00 bits per heavy atom. The molecule has 0 aromatic rings. The molecule has 2 nitrogen and oxygen atoms in total. The van der Waals surface area contributed by atoms with Crippen LogP contribution in [0.1, 0.15) is 0 Å². The summed E-state index contributed by atoms with van der Waals surface area (Å²) in [5.74, 6) is -2.30. The predicted molar refractivity (Wildman–Crippen MR) is 25.2 cm³/mol. The summed E-state index contributed by atoms with van der Waals surface area (Å²) in [7, 11) is -5.66. The average Bonchev–Trinajstić information content (AvgIpc) is 1.83. The lowest BCUT2D eigenvalue weighted by molar-refractivity contribution is 0.376. The second-order valence-corrected chi connectivity index (χ2v) is 2.65. The molecule has 0 bridgehead atoms. The van der Waals surface area contributed by atoms with E-state index < -0.39 is 27.9 Å². The molecule has 0 heterocycles.